The van der Waals surface area contributed by atoms with E-state index >= 15 is 0 Å². The van der Waals surface area contributed by atoms with E-state index in [9.17, 15) is 4.39 Å². The van der Waals surface area contributed by atoms with Crippen molar-refractivity contribution in [2.75, 3.05) is 7.11 Å². The first kappa shape index (κ1) is 12.3. The van der Waals surface area contributed by atoms with Crippen molar-refractivity contribution in [2.45, 2.75) is 6.92 Å². The molecule has 1 aromatic heterocycles. The van der Waals surface area contributed by atoms with Crippen LogP contribution < -0.4 is 4.74 Å². The van der Waals surface area contributed by atoms with Crippen LogP contribution in [0.15, 0.2) is 36.9 Å². The molecule has 0 aliphatic heterocycles. The summed E-state index contributed by atoms with van der Waals surface area (Å²) < 4.78 is 19.0. The van der Waals surface area contributed by atoms with E-state index in [1.54, 1.807) is 25.3 Å². The molecule has 3 heteroatoms. The topological polar surface area (TPSA) is 22.1 Å². The first-order chi connectivity index (χ1) is 8.65. The molecule has 0 amide bonds. The van der Waals surface area contributed by atoms with Gasteiger partial charge in [-0.05, 0) is 37.3 Å². The molecule has 2 rings (SSSR count). The van der Waals surface area contributed by atoms with Crippen LogP contribution in [0.25, 0.3) is 17.2 Å². The minimum atomic E-state index is -0.285. The van der Waals surface area contributed by atoms with Gasteiger partial charge in [0.25, 0.3) is 0 Å². The van der Waals surface area contributed by atoms with Crippen LogP contribution in [0.5, 0.6) is 5.75 Å². The monoisotopic (exact) mass is 243 g/mol. The fourth-order valence-corrected chi connectivity index (χ4v) is 1.82. The predicted octanol–water partition coefficient (Wildman–Crippen LogP) is 3.85. The number of benzene rings is 1. The van der Waals surface area contributed by atoms with Crippen molar-refractivity contribution in [3.05, 3.63) is 54.1 Å². The van der Waals surface area contributed by atoms with Gasteiger partial charge in [0.05, 0.1) is 12.8 Å². The number of methoxy groups -OCH3 is 1. The van der Waals surface area contributed by atoms with E-state index in [1.807, 2.05) is 19.1 Å². The number of hydrogen-bond acceptors (Lipinski definition) is 2. The summed E-state index contributed by atoms with van der Waals surface area (Å²) in [6.45, 7) is 5.51. The first-order valence-electron chi connectivity index (χ1n) is 5.59. The van der Waals surface area contributed by atoms with Gasteiger partial charge in [0.15, 0.2) is 0 Å². The first-order valence-corrected chi connectivity index (χ1v) is 5.59. The van der Waals surface area contributed by atoms with Gasteiger partial charge in [-0.3, -0.25) is 4.98 Å². The molecular weight excluding hydrogens is 229 g/mol. The quantitative estimate of drug-likeness (QED) is 0.817. The zero-order valence-corrected chi connectivity index (χ0v) is 10.4. The second-order valence-corrected chi connectivity index (χ2v) is 3.92. The van der Waals surface area contributed by atoms with Crippen molar-refractivity contribution in [3.63, 3.8) is 0 Å². The Morgan fingerprint density at radius 1 is 1.22 bits per heavy atom. The van der Waals surface area contributed by atoms with Crippen LogP contribution >= 0.6 is 0 Å². The van der Waals surface area contributed by atoms with E-state index < -0.39 is 0 Å². The van der Waals surface area contributed by atoms with Crippen molar-refractivity contribution in [3.8, 4) is 16.9 Å². The van der Waals surface area contributed by atoms with Crippen LogP contribution in [0, 0.1) is 12.7 Å². The molecule has 2 nitrogen and oxygen atoms in total. The Bertz CT molecular complexity index is 593. The van der Waals surface area contributed by atoms with Crippen molar-refractivity contribution in [1.82, 2.24) is 4.98 Å². The number of rotatable bonds is 3. The summed E-state index contributed by atoms with van der Waals surface area (Å²) in [5.74, 6) is 0.339. The summed E-state index contributed by atoms with van der Waals surface area (Å²) in [4.78, 5) is 4.34. The molecule has 0 spiro atoms. The van der Waals surface area contributed by atoms with E-state index in [0.717, 1.165) is 17.0 Å². The molecule has 0 radical (unpaired) electrons. The molecule has 92 valence electrons. The Kier molecular flexibility index (Phi) is 3.42. The number of pyridine rings is 1. The Balaban J connectivity index is 2.57. The molecule has 0 N–H and O–H groups in total. The largest absolute Gasteiger partial charge is 0.497 e. The summed E-state index contributed by atoms with van der Waals surface area (Å²) in [7, 11) is 1.56. The maximum Gasteiger partial charge on any atom is 0.131 e. The lowest BCUT2D eigenvalue weighted by molar-refractivity contribution is 0.414. The summed E-state index contributed by atoms with van der Waals surface area (Å²) >= 11 is 0. The highest BCUT2D eigenvalue weighted by Crippen LogP contribution is 2.29. The second kappa shape index (κ2) is 5.00. The van der Waals surface area contributed by atoms with Crippen molar-refractivity contribution < 1.29 is 9.13 Å². The molecule has 0 fully saturated rings. The number of ether oxygens (including phenoxy) is 1. The number of hydrogen-bond donors (Lipinski definition) is 0. The van der Waals surface area contributed by atoms with Gasteiger partial charge in [0.2, 0.25) is 0 Å². The molecule has 1 heterocycles. The van der Waals surface area contributed by atoms with Gasteiger partial charge in [0, 0.05) is 16.8 Å². The third-order valence-electron chi connectivity index (χ3n) is 2.78. The van der Waals surface area contributed by atoms with Gasteiger partial charge in [0.1, 0.15) is 11.6 Å². The van der Waals surface area contributed by atoms with Crippen LogP contribution in [0.4, 0.5) is 4.39 Å². The van der Waals surface area contributed by atoms with Crippen molar-refractivity contribution >= 4 is 6.08 Å². The van der Waals surface area contributed by atoms with Gasteiger partial charge >= 0.3 is 0 Å². The predicted molar refractivity (Wildman–Crippen MR) is 71.0 cm³/mol. The normalized spacial score (nSPS) is 10.2. The molecular formula is C15H14FNO. The smallest absolute Gasteiger partial charge is 0.131 e. The second-order valence-electron chi connectivity index (χ2n) is 3.92. The number of aryl methyl sites for hydroxylation is 1. The van der Waals surface area contributed by atoms with Crippen LogP contribution in [-0.2, 0) is 0 Å². The molecule has 0 aliphatic rings. The fraction of sp³-hybridized carbons (Fsp3) is 0.133. The molecule has 1 aromatic carbocycles. The molecule has 0 atom stereocenters. The van der Waals surface area contributed by atoms with Gasteiger partial charge in [-0.2, -0.15) is 0 Å². The van der Waals surface area contributed by atoms with E-state index in [-0.39, 0.29) is 5.82 Å². The van der Waals surface area contributed by atoms with Gasteiger partial charge in [-0.15, -0.1) is 0 Å². The van der Waals surface area contributed by atoms with Crippen LogP contribution in [0.1, 0.15) is 11.4 Å². The summed E-state index contributed by atoms with van der Waals surface area (Å²) in [5, 5.41) is 0. The fourth-order valence-electron chi connectivity index (χ4n) is 1.82. The minimum absolute atomic E-state index is 0.285. The Hall–Kier alpha value is -2.16. The lowest BCUT2D eigenvalue weighted by Crippen LogP contribution is -1.93. The van der Waals surface area contributed by atoms with Gasteiger partial charge in [-0.25, -0.2) is 4.39 Å². The average molecular weight is 243 g/mol. The van der Waals surface area contributed by atoms with Crippen LogP contribution in [0.2, 0.25) is 0 Å². The lowest BCUT2D eigenvalue weighted by Gasteiger charge is -2.09. The average Bonchev–Trinajstić information content (AvgIpc) is 2.39. The Morgan fingerprint density at radius 2 is 2.00 bits per heavy atom. The molecule has 0 saturated carbocycles. The summed E-state index contributed by atoms with van der Waals surface area (Å²) in [6, 6.07) is 8.33. The zero-order chi connectivity index (χ0) is 13.1. The maximum absolute atomic E-state index is 13.9. The molecule has 2 aromatic rings. The molecule has 0 bridgehead atoms. The Morgan fingerprint density at radius 3 is 2.61 bits per heavy atom. The molecule has 18 heavy (non-hydrogen) atoms. The SMILES string of the molecule is C=Cc1ccc(-c2cc(OC)ccc2F)c(C)n1. The summed E-state index contributed by atoms with van der Waals surface area (Å²) in [6.07, 6.45) is 1.67. The highest BCUT2D eigenvalue weighted by molar-refractivity contribution is 5.68. The van der Waals surface area contributed by atoms with E-state index in [2.05, 4.69) is 11.6 Å². The van der Waals surface area contributed by atoms with E-state index in [0.29, 0.717) is 11.3 Å². The molecule has 0 aliphatic carbocycles. The minimum Gasteiger partial charge on any atom is -0.497 e. The number of nitrogens with zero attached hydrogens (tertiary/aromatic N) is 1. The molecule has 0 saturated heterocycles. The number of aromatic nitrogens is 1. The van der Waals surface area contributed by atoms with Gasteiger partial charge in [-0.1, -0.05) is 12.6 Å². The van der Waals surface area contributed by atoms with Crippen molar-refractivity contribution in [1.29, 1.82) is 0 Å². The standard InChI is InChI=1S/C15H14FNO/c1-4-11-5-7-13(10(2)17-11)14-9-12(18-3)6-8-15(14)16/h4-9H,1H2,2-3H3. The Labute approximate surface area is 106 Å². The molecule has 0 unspecified atom stereocenters. The van der Waals surface area contributed by atoms with Gasteiger partial charge < -0.3 is 4.74 Å². The third-order valence-corrected chi connectivity index (χ3v) is 2.78. The highest BCUT2D eigenvalue weighted by atomic mass is 19.1. The summed E-state index contributed by atoms with van der Waals surface area (Å²) in [5.41, 5.74) is 2.80. The highest BCUT2D eigenvalue weighted by Gasteiger charge is 2.10. The number of halogens is 1. The maximum atomic E-state index is 13.9. The third kappa shape index (κ3) is 2.25. The van der Waals surface area contributed by atoms with Crippen LogP contribution in [-0.4, -0.2) is 12.1 Å². The van der Waals surface area contributed by atoms with E-state index in [4.69, 9.17) is 4.74 Å². The van der Waals surface area contributed by atoms with E-state index in [1.165, 1.54) is 6.07 Å². The zero-order valence-electron chi connectivity index (χ0n) is 10.4. The lowest BCUT2D eigenvalue weighted by atomic mass is 10.0. The van der Waals surface area contributed by atoms with Crippen LogP contribution in [0.3, 0.4) is 0 Å². The van der Waals surface area contributed by atoms with Crippen molar-refractivity contribution in [2.24, 2.45) is 0 Å².